The van der Waals surface area contributed by atoms with Crippen LogP contribution in [0.4, 0.5) is 18.0 Å². The van der Waals surface area contributed by atoms with Gasteiger partial charge in [-0.1, -0.05) is 6.07 Å². The minimum absolute atomic E-state index is 0.0226. The molecular weight excluding hydrogens is 399 g/mol. The number of urea groups is 1. The minimum atomic E-state index is -4.56. The van der Waals surface area contributed by atoms with Crippen LogP contribution in [0.5, 0.6) is 5.75 Å². The maximum atomic E-state index is 13.4. The summed E-state index contributed by atoms with van der Waals surface area (Å²) in [6.07, 6.45) is -3.08. The summed E-state index contributed by atoms with van der Waals surface area (Å²) in [7, 11) is 0. The van der Waals surface area contributed by atoms with Crippen molar-refractivity contribution in [1.29, 1.82) is 0 Å². The molecule has 0 saturated carbocycles. The number of carbonyl (C=O) groups excluding carboxylic acids is 1. The Labute approximate surface area is 171 Å². The zero-order chi connectivity index (χ0) is 22.1. The molecule has 2 aromatic rings. The van der Waals surface area contributed by atoms with Crippen LogP contribution < -0.4 is 20.9 Å². The van der Waals surface area contributed by atoms with E-state index in [1.54, 1.807) is 32.9 Å². The fourth-order valence-electron chi connectivity index (χ4n) is 3.34. The maximum Gasteiger partial charge on any atom is 0.416 e. The summed E-state index contributed by atoms with van der Waals surface area (Å²) in [6, 6.07) is 7.20. The molecule has 0 unspecified atom stereocenters. The van der Waals surface area contributed by atoms with E-state index in [2.05, 4.69) is 10.6 Å². The van der Waals surface area contributed by atoms with Crippen molar-refractivity contribution >= 4 is 11.7 Å². The molecule has 1 aromatic heterocycles. The van der Waals surface area contributed by atoms with Crippen LogP contribution in [0.3, 0.4) is 0 Å². The van der Waals surface area contributed by atoms with Crippen LogP contribution in [0.25, 0.3) is 5.70 Å². The average Bonchev–Trinajstić information content (AvgIpc) is 2.65. The van der Waals surface area contributed by atoms with Gasteiger partial charge in [0.2, 0.25) is 0 Å². The Hall–Kier alpha value is -3.23. The number of benzene rings is 1. The molecule has 30 heavy (non-hydrogen) atoms. The first-order chi connectivity index (χ1) is 14.0. The van der Waals surface area contributed by atoms with Crippen molar-refractivity contribution in [2.24, 2.45) is 0 Å². The Bertz CT molecular complexity index is 1060. The van der Waals surface area contributed by atoms with Gasteiger partial charge in [-0.05, 0) is 45.0 Å². The lowest BCUT2D eigenvalue weighted by molar-refractivity contribution is -0.137. The normalized spacial score (nSPS) is 15.3. The number of amides is 2. The van der Waals surface area contributed by atoms with Crippen LogP contribution in [-0.4, -0.2) is 29.3 Å². The van der Waals surface area contributed by atoms with Crippen LogP contribution in [0.2, 0.25) is 0 Å². The van der Waals surface area contributed by atoms with Crippen molar-refractivity contribution in [3.63, 3.8) is 0 Å². The van der Waals surface area contributed by atoms with E-state index in [0.717, 1.165) is 12.1 Å². The predicted molar refractivity (Wildman–Crippen MR) is 106 cm³/mol. The number of hydrogen-bond acceptors (Lipinski definition) is 3. The predicted octanol–water partition coefficient (Wildman–Crippen LogP) is 3.62. The third-order valence-corrected chi connectivity index (χ3v) is 4.77. The lowest BCUT2D eigenvalue weighted by Crippen LogP contribution is -2.44. The van der Waals surface area contributed by atoms with E-state index >= 15 is 0 Å². The second-order valence-electron chi connectivity index (χ2n) is 7.27. The largest absolute Gasteiger partial charge is 0.483 e. The molecule has 2 N–H and O–H groups in total. The van der Waals surface area contributed by atoms with E-state index in [0.29, 0.717) is 12.1 Å². The fourth-order valence-corrected chi connectivity index (χ4v) is 3.34. The van der Waals surface area contributed by atoms with E-state index in [9.17, 15) is 22.8 Å². The van der Waals surface area contributed by atoms with Gasteiger partial charge in [-0.25, -0.2) is 4.79 Å². The van der Waals surface area contributed by atoms with Crippen molar-refractivity contribution in [2.45, 2.75) is 32.5 Å². The molecule has 0 radical (unpaired) electrons. The monoisotopic (exact) mass is 421 g/mol. The minimum Gasteiger partial charge on any atom is -0.483 e. The first-order valence-corrected chi connectivity index (χ1v) is 9.38. The van der Waals surface area contributed by atoms with Gasteiger partial charge in [0.25, 0.3) is 5.56 Å². The van der Waals surface area contributed by atoms with Crippen molar-refractivity contribution in [1.82, 2.24) is 15.2 Å². The summed E-state index contributed by atoms with van der Waals surface area (Å²) >= 11 is 0. The number of nitrogens with zero attached hydrogens (tertiary/aromatic N) is 1. The molecular formula is C21H22F3N3O3. The lowest BCUT2D eigenvalue weighted by atomic mass is 9.88. The summed E-state index contributed by atoms with van der Waals surface area (Å²) < 4.78 is 47.3. The zero-order valence-corrected chi connectivity index (χ0v) is 16.8. The molecule has 0 bridgehead atoms. The van der Waals surface area contributed by atoms with Gasteiger partial charge in [-0.2, -0.15) is 13.2 Å². The third kappa shape index (κ3) is 4.19. The molecule has 0 fully saturated rings. The molecule has 1 aliphatic rings. The first-order valence-electron chi connectivity index (χ1n) is 9.38. The van der Waals surface area contributed by atoms with E-state index in [1.165, 1.54) is 22.9 Å². The quantitative estimate of drug-likeness (QED) is 0.792. The highest BCUT2D eigenvalue weighted by Crippen LogP contribution is 2.43. The van der Waals surface area contributed by atoms with Crippen molar-refractivity contribution < 1.29 is 22.7 Å². The summed E-state index contributed by atoms with van der Waals surface area (Å²) in [5.74, 6) is 0.223. The van der Waals surface area contributed by atoms with Crippen molar-refractivity contribution in [2.75, 3.05) is 13.1 Å². The number of aromatic nitrogens is 1. The Kier molecular flexibility index (Phi) is 5.65. The van der Waals surface area contributed by atoms with Gasteiger partial charge in [-0.3, -0.25) is 9.36 Å². The average molecular weight is 421 g/mol. The van der Waals surface area contributed by atoms with Gasteiger partial charge in [0.05, 0.1) is 11.3 Å². The standard InChI is InChI=1S/C21H22F3N3O3/c1-4-25-19(29)26-12-15-18(27-10-6-5-7-17(27)28)14-11-13(21(22,23)24)8-9-16(14)30-20(15,2)3/h5-11H,4,12H2,1-3H3,(H2,25,26,29). The summed E-state index contributed by atoms with van der Waals surface area (Å²) in [6.45, 7) is 5.61. The van der Waals surface area contributed by atoms with Crippen LogP contribution in [0.15, 0.2) is 53.0 Å². The van der Waals surface area contributed by atoms with Crippen LogP contribution >= 0.6 is 0 Å². The number of pyridine rings is 1. The number of rotatable bonds is 4. The van der Waals surface area contributed by atoms with E-state index in [4.69, 9.17) is 4.74 Å². The van der Waals surface area contributed by atoms with Gasteiger partial charge in [0.1, 0.15) is 11.4 Å². The molecule has 160 valence electrons. The Morgan fingerprint density at radius 2 is 1.90 bits per heavy atom. The summed E-state index contributed by atoms with van der Waals surface area (Å²) in [5, 5.41) is 5.27. The van der Waals surface area contributed by atoms with Gasteiger partial charge in [0.15, 0.2) is 0 Å². The SMILES string of the molecule is CCNC(=O)NCC1=C(n2ccccc2=O)c2cc(C(F)(F)F)ccc2OC1(C)C. The summed E-state index contributed by atoms with van der Waals surface area (Å²) in [5.41, 5.74) is -1.41. The second kappa shape index (κ2) is 7.89. The van der Waals surface area contributed by atoms with E-state index < -0.39 is 28.9 Å². The second-order valence-corrected chi connectivity index (χ2v) is 7.27. The molecule has 6 nitrogen and oxygen atoms in total. The Balaban J connectivity index is 2.26. The van der Waals surface area contributed by atoms with Crippen LogP contribution in [0, 0.1) is 0 Å². The number of halogens is 3. The number of nitrogens with one attached hydrogen (secondary N) is 2. The smallest absolute Gasteiger partial charge is 0.416 e. The first kappa shape index (κ1) is 21.5. The Morgan fingerprint density at radius 1 is 1.17 bits per heavy atom. The molecule has 0 aliphatic carbocycles. The van der Waals surface area contributed by atoms with Crippen molar-refractivity contribution in [3.8, 4) is 5.75 Å². The van der Waals surface area contributed by atoms with E-state index in [-0.39, 0.29) is 23.6 Å². The molecule has 9 heteroatoms. The number of ether oxygens (including phenoxy) is 1. The topological polar surface area (TPSA) is 72.4 Å². The van der Waals surface area contributed by atoms with Gasteiger partial charge in [-0.15, -0.1) is 0 Å². The van der Waals surface area contributed by atoms with Gasteiger partial charge >= 0.3 is 12.2 Å². The highest BCUT2D eigenvalue weighted by molar-refractivity contribution is 5.79. The number of fused-ring (bicyclic) bond motifs is 1. The van der Waals surface area contributed by atoms with Gasteiger partial charge < -0.3 is 15.4 Å². The highest BCUT2D eigenvalue weighted by Gasteiger charge is 2.38. The molecule has 2 heterocycles. The molecule has 0 atom stereocenters. The third-order valence-electron chi connectivity index (χ3n) is 4.77. The summed E-state index contributed by atoms with van der Waals surface area (Å²) in [4.78, 5) is 24.5. The van der Waals surface area contributed by atoms with Crippen molar-refractivity contribution in [3.05, 3.63) is 69.6 Å². The Morgan fingerprint density at radius 3 is 2.53 bits per heavy atom. The zero-order valence-electron chi connectivity index (χ0n) is 16.8. The number of hydrogen-bond donors (Lipinski definition) is 2. The van der Waals surface area contributed by atoms with Crippen LogP contribution in [-0.2, 0) is 6.18 Å². The highest BCUT2D eigenvalue weighted by atomic mass is 19.4. The molecule has 1 aromatic carbocycles. The maximum absolute atomic E-state index is 13.4. The fraction of sp³-hybridized carbons (Fsp3) is 0.333. The number of carbonyl (C=O) groups is 1. The lowest BCUT2D eigenvalue weighted by Gasteiger charge is -2.37. The number of alkyl halides is 3. The van der Waals surface area contributed by atoms with Crippen LogP contribution in [0.1, 0.15) is 31.9 Å². The van der Waals surface area contributed by atoms with E-state index in [1.807, 2.05) is 0 Å². The molecule has 0 saturated heterocycles. The molecule has 3 rings (SSSR count). The molecule has 2 amide bonds. The molecule has 1 aliphatic heterocycles. The van der Waals surface area contributed by atoms with Gasteiger partial charge in [0, 0.05) is 36.5 Å². The molecule has 0 spiro atoms.